The maximum Gasteiger partial charge on any atom is 0.409 e. The van der Waals surface area contributed by atoms with E-state index >= 15 is 0 Å². The maximum atomic E-state index is 12.0. The van der Waals surface area contributed by atoms with Gasteiger partial charge in [-0.3, -0.25) is 4.79 Å². The van der Waals surface area contributed by atoms with Crippen molar-refractivity contribution in [3.05, 3.63) is 48.7 Å². The molecule has 1 fully saturated rings. The van der Waals surface area contributed by atoms with E-state index in [1.54, 1.807) is 29.3 Å². The highest BCUT2D eigenvalue weighted by molar-refractivity contribution is 5.91. The second kappa shape index (κ2) is 10.3. The fraction of sp³-hybridized carbons (Fsp3) is 0.381. The number of amides is 2. The minimum Gasteiger partial charge on any atom is -0.484 e. The van der Waals surface area contributed by atoms with Gasteiger partial charge in [0.05, 0.1) is 18.5 Å². The summed E-state index contributed by atoms with van der Waals surface area (Å²) in [6, 6.07) is 13.1. The predicted octanol–water partition coefficient (Wildman–Crippen LogP) is 3.13. The number of nitrogens with one attached hydrogen (secondary N) is 2. The molecule has 2 amide bonds. The molecule has 1 aliphatic rings. The minimum absolute atomic E-state index is 0.0786. The van der Waals surface area contributed by atoms with Gasteiger partial charge in [-0.15, -0.1) is 0 Å². The molecule has 8 heteroatoms. The van der Waals surface area contributed by atoms with Crippen molar-refractivity contribution < 1.29 is 19.1 Å². The van der Waals surface area contributed by atoms with Crippen LogP contribution >= 0.6 is 0 Å². The summed E-state index contributed by atoms with van der Waals surface area (Å²) in [5, 5.41) is 6.13. The monoisotopic (exact) mass is 398 g/mol. The molecule has 0 atom stereocenters. The van der Waals surface area contributed by atoms with Gasteiger partial charge in [-0.1, -0.05) is 18.2 Å². The lowest BCUT2D eigenvalue weighted by molar-refractivity contribution is -0.118. The number of hydrogen-bond donors (Lipinski definition) is 2. The lowest BCUT2D eigenvalue weighted by Gasteiger charge is -2.32. The third-order valence-corrected chi connectivity index (χ3v) is 4.54. The summed E-state index contributed by atoms with van der Waals surface area (Å²) >= 11 is 0. The number of nitrogens with zero attached hydrogens (tertiary/aromatic N) is 2. The van der Waals surface area contributed by atoms with Crippen molar-refractivity contribution in [2.45, 2.75) is 25.8 Å². The van der Waals surface area contributed by atoms with Gasteiger partial charge in [0, 0.05) is 19.1 Å². The maximum absolute atomic E-state index is 12.0. The van der Waals surface area contributed by atoms with Crippen molar-refractivity contribution in [3.8, 4) is 5.75 Å². The van der Waals surface area contributed by atoms with Gasteiger partial charge >= 0.3 is 6.09 Å². The predicted molar refractivity (Wildman–Crippen MR) is 110 cm³/mol. The van der Waals surface area contributed by atoms with E-state index in [0.29, 0.717) is 31.3 Å². The Morgan fingerprint density at radius 1 is 1.14 bits per heavy atom. The molecular formula is C21H26N4O4. The highest BCUT2D eigenvalue weighted by Gasteiger charge is 2.23. The number of rotatable bonds is 7. The van der Waals surface area contributed by atoms with Gasteiger partial charge in [0.1, 0.15) is 11.6 Å². The molecule has 2 N–H and O–H groups in total. The van der Waals surface area contributed by atoms with Gasteiger partial charge in [-0.25, -0.2) is 9.78 Å². The van der Waals surface area contributed by atoms with Crippen LogP contribution in [0.1, 0.15) is 19.8 Å². The van der Waals surface area contributed by atoms with Gasteiger partial charge in [0.25, 0.3) is 5.91 Å². The molecule has 2 heterocycles. The van der Waals surface area contributed by atoms with E-state index in [1.165, 1.54) is 0 Å². The Labute approximate surface area is 170 Å². The van der Waals surface area contributed by atoms with E-state index in [0.717, 1.165) is 18.5 Å². The molecule has 0 bridgehead atoms. The molecule has 1 saturated heterocycles. The standard InChI is InChI=1S/C21H26N4O4/c1-2-28-21(27)25-12-10-16(11-13-25)23-17-8-9-19(22-14-17)24-20(26)15-29-18-6-4-3-5-7-18/h3-9,14,16,23H,2,10-13,15H2,1H3,(H,22,24,26). The molecule has 1 aromatic heterocycles. The second-order valence-electron chi connectivity index (χ2n) is 6.69. The number of carbonyl (C=O) groups excluding carboxylic acids is 2. The first kappa shape index (κ1) is 20.4. The largest absolute Gasteiger partial charge is 0.484 e. The van der Waals surface area contributed by atoms with Gasteiger partial charge in [-0.2, -0.15) is 0 Å². The van der Waals surface area contributed by atoms with Crippen LogP contribution in [0.5, 0.6) is 5.75 Å². The highest BCUT2D eigenvalue weighted by Crippen LogP contribution is 2.18. The van der Waals surface area contributed by atoms with Crippen LogP contribution in [0.2, 0.25) is 0 Å². The Bertz CT molecular complexity index is 790. The first-order chi connectivity index (χ1) is 14.1. The Hall–Kier alpha value is -3.29. The van der Waals surface area contributed by atoms with Gasteiger partial charge in [0.2, 0.25) is 0 Å². The van der Waals surface area contributed by atoms with Gasteiger partial charge in [0.15, 0.2) is 6.61 Å². The molecule has 0 unspecified atom stereocenters. The summed E-state index contributed by atoms with van der Waals surface area (Å²) < 4.78 is 10.5. The summed E-state index contributed by atoms with van der Waals surface area (Å²) in [5.74, 6) is 0.840. The topological polar surface area (TPSA) is 92.8 Å². The molecule has 1 aromatic carbocycles. The molecule has 1 aliphatic heterocycles. The molecule has 0 radical (unpaired) electrons. The van der Waals surface area contributed by atoms with E-state index < -0.39 is 0 Å². The Balaban J connectivity index is 1.41. The number of pyridine rings is 1. The van der Waals surface area contributed by atoms with Gasteiger partial charge in [-0.05, 0) is 44.0 Å². The van der Waals surface area contributed by atoms with Crippen LogP contribution in [0, 0.1) is 0 Å². The van der Waals surface area contributed by atoms with Crippen LogP contribution in [-0.4, -0.2) is 54.2 Å². The van der Waals surface area contributed by atoms with Crippen molar-refractivity contribution in [1.82, 2.24) is 9.88 Å². The second-order valence-corrected chi connectivity index (χ2v) is 6.69. The van der Waals surface area contributed by atoms with E-state index in [4.69, 9.17) is 9.47 Å². The van der Waals surface area contributed by atoms with E-state index in [9.17, 15) is 9.59 Å². The van der Waals surface area contributed by atoms with Crippen LogP contribution in [0.15, 0.2) is 48.7 Å². The molecule has 8 nitrogen and oxygen atoms in total. The minimum atomic E-state index is -0.270. The van der Waals surface area contributed by atoms with Crippen molar-refractivity contribution in [1.29, 1.82) is 0 Å². The molecule has 154 valence electrons. The Morgan fingerprint density at radius 3 is 2.55 bits per heavy atom. The van der Waals surface area contributed by atoms with Crippen LogP contribution in [-0.2, 0) is 9.53 Å². The third-order valence-electron chi connectivity index (χ3n) is 4.54. The quantitative estimate of drug-likeness (QED) is 0.744. The number of piperidine rings is 1. The van der Waals surface area contributed by atoms with E-state index in [2.05, 4.69) is 15.6 Å². The van der Waals surface area contributed by atoms with Crippen LogP contribution in [0.4, 0.5) is 16.3 Å². The van der Waals surface area contributed by atoms with Crippen LogP contribution in [0.3, 0.4) is 0 Å². The van der Waals surface area contributed by atoms with Crippen molar-refractivity contribution in [2.75, 3.05) is 36.9 Å². The average Bonchev–Trinajstić information content (AvgIpc) is 2.75. The third kappa shape index (κ3) is 6.38. The Kier molecular flexibility index (Phi) is 7.27. The SMILES string of the molecule is CCOC(=O)N1CCC(Nc2ccc(NC(=O)COc3ccccc3)nc2)CC1. The molecule has 0 spiro atoms. The summed E-state index contributed by atoms with van der Waals surface area (Å²) in [6.45, 7) is 3.45. The normalized spacial score (nSPS) is 14.2. The van der Waals surface area contributed by atoms with E-state index in [-0.39, 0.29) is 24.6 Å². The number of ether oxygens (including phenoxy) is 2. The van der Waals surface area contributed by atoms with E-state index in [1.807, 2.05) is 31.2 Å². The van der Waals surface area contributed by atoms with Crippen LogP contribution in [0.25, 0.3) is 0 Å². The number of para-hydroxylation sites is 1. The lowest BCUT2D eigenvalue weighted by Crippen LogP contribution is -2.42. The summed E-state index contributed by atoms with van der Waals surface area (Å²) in [5.41, 5.74) is 0.873. The summed E-state index contributed by atoms with van der Waals surface area (Å²) in [4.78, 5) is 29.7. The fourth-order valence-corrected chi connectivity index (χ4v) is 3.05. The number of aromatic nitrogens is 1. The lowest BCUT2D eigenvalue weighted by atomic mass is 10.1. The average molecular weight is 398 g/mol. The zero-order valence-electron chi connectivity index (χ0n) is 16.5. The number of benzene rings is 1. The molecular weight excluding hydrogens is 372 g/mol. The van der Waals surface area contributed by atoms with Crippen molar-refractivity contribution >= 4 is 23.5 Å². The fourth-order valence-electron chi connectivity index (χ4n) is 3.05. The zero-order valence-corrected chi connectivity index (χ0v) is 16.5. The van der Waals surface area contributed by atoms with Crippen molar-refractivity contribution in [2.24, 2.45) is 0 Å². The van der Waals surface area contributed by atoms with Gasteiger partial charge < -0.3 is 25.0 Å². The smallest absolute Gasteiger partial charge is 0.409 e. The first-order valence-corrected chi connectivity index (χ1v) is 9.76. The molecule has 0 saturated carbocycles. The summed E-state index contributed by atoms with van der Waals surface area (Å²) in [6.07, 6.45) is 3.12. The molecule has 2 aromatic rings. The van der Waals surface area contributed by atoms with Crippen molar-refractivity contribution in [3.63, 3.8) is 0 Å². The number of carbonyl (C=O) groups is 2. The number of anilines is 2. The number of likely N-dealkylation sites (tertiary alicyclic amines) is 1. The number of hydrogen-bond acceptors (Lipinski definition) is 6. The molecule has 29 heavy (non-hydrogen) atoms. The zero-order chi connectivity index (χ0) is 20.5. The molecule has 3 rings (SSSR count). The Morgan fingerprint density at radius 2 is 1.90 bits per heavy atom. The first-order valence-electron chi connectivity index (χ1n) is 9.76. The summed E-state index contributed by atoms with van der Waals surface area (Å²) in [7, 11) is 0. The van der Waals surface area contributed by atoms with Crippen LogP contribution < -0.4 is 15.4 Å². The molecule has 0 aliphatic carbocycles. The highest BCUT2D eigenvalue weighted by atomic mass is 16.6.